The maximum absolute atomic E-state index is 11.8. The molecule has 1 atom stereocenters. The molecule has 92 valence electrons. The zero-order valence-corrected chi connectivity index (χ0v) is 9.86. The lowest BCUT2D eigenvalue weighted by molar-refractivity contribution is -0.118. The van der Waals surface area contributed by atoms with Gasteiger partial charge in [-0.05, 0) is 19.1 Å². The molecular weight excluding hydrogens is 220 g/mol. The van der Waals surface area contributed by atoms with E-state index in [9.17, 15) is 9.59 Å². The smallest absolute Gasteiger partial charge is 0.251 e. The van der Waals surface area contributed by atoms with E-state index in [4.69, 9.17) is 5.73 Å². The maximum Gasteiger partial charge on any atom is 0.251 e. The van der Waals surface area contributed by atoms with Crippen molar-refractivity contribution in [2.24, 2.45) is 5.73 Å². The van der Waals surface area contributed by atoms with Gasteiger partial charge in [0.15, 0.2) is 0 Å². The van der Waals surface area contributed by atoms with E-state index in [1.54, 1.807) is 32.3 Å². The quantitative estimate of drug-likeness (QED) is 0.676. The Morgan fingerprint density at radius 1 is 1.53 bits per heavy atom. The summed E-state index contributed by atoms with van der Waals surface area (Å²) in [5, 5.41) is 5.53. The van der Waals surface area contributed by atoms with Crippen LogP contribution in [0.25, 0.3) is 0 Å². The van der Waals surface area contributed by atoms with Gasteiger partial charge in [0.05, 0.1) is 0 Å². The van der Waals surface area contributed by atoms with Crippen LogP contribution in [0.3, 0.4) is 0 Å². The van der Waals surface area contributed by atoms with Gasteiger partial charge in [0.2, 0.25) is 5.91 Å². The van der Waals surface area contributed by atoms with Crippen LogP contribution in [0.15, 0.2) is 18.3 Å². The molecule has 0 radical (unpaired) electrons. The number of nitrogens with two attached hydrogens (primary N) is 1. The van der Waals surface area contributed by atoms with Crippen LogP contribution in [0.4, 0.5) is 5.82 Å². The molecular formula is C11H16N4O2. The molecule has 1 unspecified atom stereocenters. The number of primary amides is 1. The van der Waals surface area contributed by atoms with Gasteiger partial charge in [-0.2, -0.15) is 0 Å². The second-order valence-electron chi connectivity index (χ2n) is 3.72. The van der Waals surface area contributed by atoms with E-state index in [-0.39, 0.29) is 18.4 Å². The summed E-state index contributed by atoms with van der Waals surface area (Å²) in [5.74, 6) is -0.0821. The Morgan fingerprint density at radius 2 is 2.24 bits per heavy atom. The number of amides is 2. The summed E-state index contributed by atoms with van der Waals surface area (Å²) in [4.78, 5) is 26.5. The van der Waals surface area contributed by atoms with E-state index in [0.29, 0.717) is 11.4 Å². The third-order valence-corrected chi connectivity index (χ3v) is 2.16. The van der Waals surface area contributed by atoms with Gasteiger partial charge in [-0.15, -0.1) is 0 Å². The zero-order chi connectivity index (χ0) is 12.8. The molecule has 4 N–H and O–H groups in total. The Labute approximate surface area is 99.6 Å². The van der Waals surface area contributed by atoms with Gasteiger partial charge >= 0.3 is 0 Å². The largest absolute Gasteiger partial charge is 0.373 e. The highest BCUT2D eigenvalue weighted by Crippen LogP contribution is 2.06. The summed E-state index contributed by atoms with van der Waals surface area (Å²) >= 11 is 0. The van der Waals surface area contributed by atoms with Crippen molar-refractivity contribution < 1.29 is 9.59 Å². The van der Waals surface area contributed by atoms with Gasteiger partial charge < -0.3 is 16.4 Å². The van der Waals surface area contributed by atoms with Crippen LogP contribution in [0, 0.1) is 0 Å². The van der Waals surface area contributed by atoms with Gasteiger partial charge in [-0.1, -0.05) is 0 Å². The molecule has 1 rings (SSSR count). The third-order valence-electron chi connectivity index (χ3n) is 2.16. The van der Waals surface area contributed by atoms with Crippen LogP contribution in [-0.2, 0) is 4.79 Å². The van der Waals surface area contributed by atoms with Gasteiger partial charge in [-0.25, -0.2) is 4.98 Å². The predicted octanol–water partition coefficient (Wildman–Crippen LogP) is 0.117. The molecule has 17 heavy (non-hydrogen) atoms. The molecule has 0 aliphatic rings. The van der Waals surface area contributed by atoms with E-state index in [1.807, 2.05) is 0 Å². The highest BCUT2D eigenvalue weighted by molar-refractivity contribution is 5.95. The Bertz CT molecular complexity index is 420. The molecule has 1 aromatic rings. The van der Waals surface area contributed by atoms with E-state index < -0.39 is 5.91 Å². The number of aromatic nitrogens is 1. The summed E-state index contributed by atoms with van der Waals surface area (Å²) < 4.78 is 0. The minimum absolute atomic E-state index is 0.121. The molecule has 0 bridgehead atoms. The summed E-state index contributed by atoms with van der Waals surface area (Å²) in [6.07, 6.45) is 1.66. The number of pyridine rings is 1. The first kappa shape index (κ1) is 13.0. The Balaban J connectivity index is 2.66. The first-order valence-corrected chi connectivity index (χ1v) is 5.26. The Morgan fingerprint density at radius 3 is 2.82 bits per heavy atom. The number of carbonyl (C=O) groups is 2. The van der Waals surface area contributed by atoms with Crippen LogP contribution in [-0.4, -0.2) is 29.9 Å². The zero-order valence-electron chi connectivity index (χ0n) is 9.86. The first-order chi connectivity index (χ1) is 8.02. The number of carbonyl (C=O) groups excluding carboxylic acids is 2. The molecule has 0 saturated carbocycles. The average Bonchev–Trinajstić information content (AvgIpc) is 2.27. The minimum Gasteiger partial charge on any atom is -0.373 e. The summed E-state index contributed by atoms with van der Waals surface area (Å²) in [5.41, 5.74) is 5.53. The molecule has 0 aliphatic heterocycles. The maximum atomic E-state index is 11.8. The summed E-state index contributed by atoms with van der Waals surface area (Å²) in [6, 6.07) is 2.95. The van der Waals surface area contributed by atoms with Gasteiger partial charge in [0, 0.05) is 31.3 Å². The van der Waals surface area contributed by atoms with Crippen LogP contribution < -0.4 is 16.4 Å². The van der Waals surface area contributed by atoms with Gasteiger partial charge in [-0.3, -0.25) is 9.59 Å². The Kier molecular flexibility index (Phi) is 4.45. The van der Waals surface area contributed by atoms with E-state index >= 15 is 0 Å². The number of anilines is 1. The van der Waals surface area contributed by atoms with E-state index in [0.717, 1.165) is 0 Å². The number of nitrogens with zero attached hydrogens (tertiary/aromatic N) is 1. The third kappa shape index (κ3) is 4.10. The monoisotopic (exact) mass is 236 g/mol. The van der Waals surface area contributed by atoms with Crippen LogP contribution in [0.2, 0.25) is 0 Å². The Hall–Kier alpha value is -2.11. The molecule has 0 saturated heterocycles. The second-order valence-corrected chi connectivity index (χ2v) is 3.72. The molecule has 0 aliphatic carbocycles. The predicted molar refractivity (Wildman–Crippen MR) is 64.5 cm³/mol. The van der Waals surface area contributed by atoms with Crippen LogP contribution >= 0.6 is 0 Å². The van der Waals surface area contributed by atoms with Crippen molar-refractivity contribution in [3.63, 3.8) is 0 Å². The molecule has 1 aromatic heterocycles. The minimum atomic E-state index is -0.441. The van der Waals surface area contributed by atoms with Gasteiger partial charge in [0.1, 0.15) is 5.82 Å². The molecule has 1 heterocycles. The first-order valence-electron chi connectivity index (χ1n) is 5.26. The SMILES string of the molecule is CNc1cc(C(=O)NC(C)CC(N)=O)ccn1. The fourth-order valence-electron chi connectivity index (χ4n) is 1.37. The lowest BCUT2D eigenvalue weighted by Crippen LogP contribution is -2.35. The summed E-state index contributed by atoms with van der Waals surface area (Å²) in [6.45, 7) is 1.73. The molecule has 6 nitrogen and oxygen atoms in total. The number of rotatable bonds is 5. The number of nitrogens with one attached hydrogen (secondary N) is 2. The normalized spacial score (nSPS) is 11.6. The fraction of sp³-hybridized carbons (Fsp3) is 0.364. The topological polar surface area (TPSA) is 97.1 Å². The van der Waals surface area contributed by atoms with E-state index in [1.165, 1.54) is 0 Å². The van der Waals surface area contributed by atoms with Crippen molar-refractivity contribution in [2.75, 3.05) is 12.4 Å². The van der Waals surface area contributed by atoms with Crippen LogP contribution in [0.1, 0.15) is 23.7 Å². The van der Waals surface area contributed by atoms with Gasteiger partial charge in [0.25, 0.3) is 5.91 Å². The van der Waals surface area contributed by atoms with Crippen molar-refractivity contribution in [2.45, 2.75) is 19.4 Å². The molecule has 0 spiro atoms. The van der Waals surface area contributed by atoms with Crippen molar-refractivity contribution in [1.29, 1.82) is 0 Å². The van der Waals surface area contributed by atoms with Crippen molar-refractivity contribution in [1.82, 2.24) is 10.3 Å². The number of hydrogen-bond donors (Lipinski definition) is 3. The average molecular weight is 236 g/mol. The second kappa shape index (κ2) is 5.83. The molecule has 2 amide bonds. The standard InChI is InChI=1S/C11H16N4O2/c1-7(5-9(12)16)15-11(17)8-3-4-14-10(6-8)13-2/h3-4,6-7H,5H2,1-2H3,(H2,12,16)(H,13,14)(H,15,17). The fourth-order valence-corrected chi connectivity index (χ4v) is 1.37. The highest BCUT2D eigenvalue weighted by Gasteiger charge is 2.12. The molecule has 6 heteroatoms. The van der Waals surface area contributed by atoms with Crippen molar-refractivity contribution >= 4 is 17.6 Å². The molecule has 0 aromatic carbocycles. The van der Waals surface area contributed by atoms with Crippen molar-refractivity contribution in [3.05, 3.63) is 23.9 Å². The van der Waals surface area contributed by atoms with Crippen LogP contribution in [0.5, 0.6) is 0 Å². The lowest BCUT2D eigenvalue weighted by atomic mass is 10.2. The molecule has 0 fully saturated rings. The summed E-state index contributed by atoms with van der Waals surface area (Å²) in [7, 11) is 1.72. The lowest BCUT2D eigenvalue weighted by Gasteiger charge is -2.12. The number of hydrogen-bond acceptors (Lipinski definition) is 4. The highest BCUT2D eigenvalue weighted by atomic mass is 16.2. The van der Waals surface area contributed by atoms with Crippen molar-refractivity contribution in [3.8, 4) is 0 Å². The van der Waals surface area contributed by atoms with E-state index in [2.05, 4.69) is 15.6 Å².